The summed E-state index contributed by atoms with van der Waals surface area (Å²) < 4.78 is 6.15. The summed E-state index contributed by atoms with van der Waals surface area (Å²) in [5.74, 6) is 0.191. The van der Waals surface area contributed by atoms with E-state index in [1.807, 2.05) is 19.1 Å². The molecule has 0 aliphatic heterocycles. The van der Waals surface area contributed by atoms with Gasteiger partial charge in [-0.2, -0.15) is 0 Å². The first-order valence-corrected chi connectivity index (χ1v) is 19.3. The lowest BCUT2D eigenvalue weighted by Crippen LogP contribution is -2.69. The average molecular weight is 691 g/mol. The molecule has 10 atom stereocenters. The third kappa shape index (κ3) is 5.47. The summed E-state index contributed by atoms with van der Waals surface area (Å²) in [6.07, 6.45) is 9.51. The van der Waals surface area contributed by atoms with Crippen LogP contribution < -0.4 is 5.32 Å². The number of hydrogen-bond acceptors (Lipinski definition) is 6. The molecule has 8 heteroatoms. The molecule has 0 spiro atoms. The Morgan fingerprint density at radius 2 is 1.66 bits per heavy atom. The zero-order valence-corrected chi connectivity index (χ0v) is 32.3. The van der Waals surface area contributed by atoms with Crippen molar-refractivity contribution in [2.24, 2.45) is 62.6 Å². The van der Waals surface area contributed by atoms with Gasteiger partial charge in [0.2, 0.25) is 0 Å². The van der Waals surface area contributed by atoms with Gasteiger partial charge in [0.05, 0.1) is 22.9 Å². The summed E-state index contributed by atoms with van der Waals surface area (Å²) in [4.78, 5) is 57.0. The Labute approximate surface area is 299 Å². The molecule has 8 nitrogen and oxygen atoms in total. The summed E-state index contributed by atoms with van der Waals surface area (Å²) >= 11 is 0. The van der Waals surface area contributed by atoms with Crippen LogP contribution in [-0.4, -0.2) is 45.4 Å². The molecular formula is C42H62N2O6. The van der Waals surface area contributed by atoms with Crippen molar-refractivity contribution in [2.75, 3.05) is 0 Å². The van der Waals surface area contributed by atoms with Crippen LogP contribution in [0.5, 0.6) is 0 Å². The van der Waals surface area contributed by atoms with Crippen LogP contribution in [0.1, 0.15) is 143 Å². The first-order valence-electron chi connectivity index (χ1n) is 19.3. The largest absolute Gasteiger partial charge is 0.481 e. The van der Waals surface area contributed by atoms with E-state index in [0.717, 1.165) is 57.1 Å². The molecule has 5 aliphatic carbocycles. The number of carboxylic acid groups (broad SMARTS) is 1. The van der Waals surface area contributed by atoms with Gasteiger partial charge in [0.1, 0.15) is 11.9 Å². The topological polar surface area (TPSA) is 123 Å². The van der Waals surface area contributed by atoms with Crippen LogP contribution in [0.15, 0.2) is 18.3 Å². The molecule has 1 amide bonds. The van der Waals surface area contributed by atoms with Crippen molar-refractivity contribution in [3.8, 4) is 0 Å². The maximum absolute atomic E-state index is 14.0. The normalized spacial score (nSPS) is 40.6. The Morgan fingerprint density at radius 1 is 0.960 bits per heavy atom. The lowest BCUT2D eigenvalue weighted by molar-refractivity contribution is -0.247. The van der Waals surface area contributed by atoms with E-state index in [2.05, 4.69) is 58.8 Å². The van der Waals surface area contributed by atoms with Crippen molar-refractivity contribution in [2.45, 2.75) is 145 Å². The molecule has 0 saturated heterocycles. The van der Waals surface area contributed by atoms with Gasteiger partial charge in [-0.15, -0.1) is 0 Å². The number of aliphatic carboxylic acids is 1. The van der Waals surface area contributed by atoms with E-state index in [4.69, 9.17) is 4.74 Å². The fourth-order valence-corrected chi connectivity index (χ4v) is 13.2. The molecule has 6 rings (SSSR count). The highest BCUT2D eigenvalue weighted by atomic mass is 16.5. The molecular weight excluding hydrogens is 628 g/mol. The standard InChI is InChI=1S/C42H62N2O6/c1-24(2)33-28(45)21-42(44-35(47)26-12-11-25(3)43-23-26)20-19-40(9)27(34(33)42)13-14-30-39(8)17-16-31(50-32(46)22-37(4,5)36(48)49)38(6,7)29(39)15-18-41(30,40)10/h11-12,23-24,27,29-31,33-34H,13-22H2,1-10H3,(H,44,47)(H,48,49)/t27?,29?,30?,31-,33?,34?,39?,40+,41?,42?/m0/s1. The SMILES string of the molecule is Cc1ccc(C(=O)NC23CC[C@]4(C)C(CCC5C6(C)CC[C@H](OC(=O)CC(C)(C)C(=O)O)C(C)(C)C6CCC54C)C2C(C(C)C)C(=O)C3)cn1. The van der Waals surface area contributed by atoms with E-state index < -0.39 is 22.9 Å². The van der Waals surface area contributed by atoms with Crippen molar-refractivity contribution in [3.05, 3.63) is 29.6 Å². The van der Waals surface area contributed by atoms with E-state index in [1.54, 1.807) is 20.0 Å². The predicted molar refractivity (Wildman–Crippen MR) is 192 cm³/mol. The first-order chi connectivity index (χ1) is 23.1. The number of hydrogen-bond donors (Lipinski definition) is 2. The minimum absolute atomic E-state index is 0.0157. The first kappa shape index (κ1) is 37.0. The number of ketones is 1. The van der Waals surface area contributed by atoms with Gasteiger partial charge >= 0.3 is 11.9 Å². The second-order valence-electron chi connectivity index (χ2n) is 19.6. The summed E-state index contributed by atoms with van der Waals surface area (Å²) in [5, 5.41) is 13.1. The van der Waals surface area contributed by atoms with E-state index in [-0.39, 0.29) is 57.8 Å². The maximum Gasteiger partial charge on any atom is 0.309 e. The lowest BCUT2D eigenvalue weighted by Gasteiger charge is -2.73. The van der Waals surface area contributed by atoms with Crippen molar-refractivity contribution < 1.29 is 29.0 Å². The number of aromatic nitrogens is 1. The molecule has 1 aromatic rings. The number of carbonyl (C=O) groups excluding carboxylic acids is 3. The monoisotopic (exact) mass is 690 g/mol. The third-order valence-electron chi connectivity index (χ3n) is 16.0. The fourth-order valence-electron chi connectivity index (χ4n) is 13.2. The van der Waals surface area contributed by atoms with Gasteiger partial charge in [-0.1, -0.05) is 48.5 Å². The minimum atomic E-state index is -1.16. The molecule has 1 aromatic heterocycles. The van der Waals surface area contributed by atoms with Gasteiger partial charge in [0.25, 0.3) is 5.91 Å². The van der Waals surface area contributed by atoms with Crippen LogP contribution in [0, 0.1) is 69.5 Å². The van der Waals surface area contributed by atoms with E-state index >= 15 is 0 Å². The Kier molecular flexibility index (Phi) is 8.99. The number of ether oxygens (including phenoxy) is 1. The molecule has 276 valence electrons. The fraction of sp³-hybridized carbons (Fsp3) is 0.786. The van der Waals surface area contributed by atoms with E-state index in [1.165, 1.54) is 0 Å². The molecule has 1 heterocycles. The molecule has 5 aliphatic rings. The maximum atomic E-state index is 14.0. The number of carboxylic acids is 1. The smallest absolute Gasteiger partial charge is 0.309 e. The number of esters is 1. The molecule has 0 aromatic carbocycles. The third-order valence-corrected chi connectivity index (χ3v) is 16.0. The molecule has 2 N–H and O–H groups in total. The molecule has 5 saturated carbocycles. The summed E-state index contributed by atoms with van der Waals surface area (Å²) in [5.41, 5.74) is -0.381. The number of carbonyl (C=O) groups is 4. The van der Waals surface area contributed by atoms with Crippen LogP contribution in [0.2, 0.25) is 0 Å². The van der Waals surface area contributed by atoms with Crippen molar-refractivity contribution >= 4 is 23.6 Å². The molecule has 8 unspecified atom stereocenters. The van der Waals surface area contributed by atoms with Gasteiger partial charge in [0, 0.05) is 29.6 Å². The Balaban J connectivity index is 1.28. The van der Waals surface area contributed by atoms with Crippen molar-refractivity contribution in [1.82, 2.24) is 10.3 Å². The number of fused-ring (bicyclic) bond motifs is 7. The van der Waals surface area contributed by atoms with Gasteiger partial charge in [-0.05, 0) is 130 Å². The Morgan fingerprint density at radius 3 is 2.28 bits per heavy atom. The van der Waals surface area contributed by atoms with Crippen LogP contribution in [0.3, 0.4) is 0 Å². The molecule has 5 fully saturated rings. The number of nitrogens with one attached hydrogen (secondary N) is 1. The number of rotatable bonds is 7. The number of aryl methyl sites for hydroxylation is 1. The Bertz CT molecular complexity index is 1550. The van der Waals surface area contributed by atoms with Crippen LogP contribution >= 0.6 is 0 Å². The van der Waals surface area contributed by atoms with E-state index in [0.29, 0.717) is 35.5 Å². The molecule has 0 bridgehead atoms. The van der Waals surface area contributed by atoms with Crippen LogP contribution in [0.4, 0.5) is 0 Å². The number of nitrogens with zero attached hydrogens (tertiary/aromatic N) is 1. The second-order valence-corrected chi connectivity index (χ2v) is 19.6. The quantitative estimate of drug-likeness (QED) is 0.277. The number of pyridine rings is 1. The zero-order chi connectivity index (χ0) is 36.8. The van der Waals surface area contributed by atoms with Crippen LogP contribution in [0.25, 0.3) is 0 Å². The average Bonchev–Trinajstić information content (AvgIpc) is 3.30. The van der Waals surface area contributed by atoms with Gasteiger partial charge in [-0.25, -0.2) is 0 Å². The summed E-state index contributed by atoms with van der Waals surface area (Å²) in [6.45, 7) is 21.6. The highest BCUT2D eigenvalue weighted by molar-refractivity contribution is 5.96. The molecule has 50 heavy (non-hydrogen) atoms. The number of Topliss-reactive ketones (excluding diaryl/α,β-unsaturated/α-hetero) is 1. The zero-order valence-electron chi connectivity index (χ0n) is 32.3. The summed E-state index contributed by atoms with van der Waals surface area (Å²) in [6, 6.07) is 3.71. The predicted octanol–water partition coefficient (Wildman–Crippen LogP) is 8.20. The highest BCUT2D eigenvalue weighted by Crippen LogP contribution is 2.76. The number of amides is 1. The minimum Gasteiger partial charge on any atom is -0.481 e. The van der Waals surface area contributed by atoms with Gasteiger partial charge < -0.3 is 15.2 Å². The highest BCUT2D eigenvalue weighted by Gasteiger charge is 2.72. The van der Waals surface area contributed by atoms with Crippen molar-refractivity contribution in [1.29, 1.82) is 0 Å². The van der Waals surface area contributed by atoms with Crippen LogP contribution in [-0.2, 0) is 19.1 Å². The second kappa shape index (κ2) is 12.1. The molecule has 0 radical (unpaired) electrons. The Hall–Kier alpha value is -2.77. The lowest BCUT2D eigenvalue weighted by atomic mass is 9.32. The van der Waals surface area contributed by atoms with Gasteiger partial charge in [-0.3, -0.25) is 24.2 Å². The summed E-state index contributed by atoms with van der Waals surface area (Å²) in [7, 11) is 0. The van der Waals surface area contributed by atoms with Gasteiger partial charge in [0.15, 0.2) is 0 Å². The van der Waals surface area contributed by atoms with E-state index in [9.17, 15) is 24.3 Å². The van der Waals surface area contributed by atoms with Crippen molar-refractivity contribution in [3.63, 3.8) is 0 Å².